The normalized spacial score (nSPS) is 23.0. The summed E-state index contributed by atoms with van der Waals surface area (Å²) in [6.45, 7) is 3.04. The van der Waals surface area contributed by atoms with Crippen molar-refractivity contribution in [2.45, 2.75) is 101 Å². The number of rotatable bonds is 11. The number of nitriles is 1. The molecule has 3 fully saturated rings. The number of hydrogen-bond acceptors (Lipinski definition) is 11. The van der Waals surface area contributed by atoms with Crippen LogP contribution < -0.4 is 16.4 Å². The number of amides is 4. The van der Waals surface area contributed by atoms with Crippen molar-refractivity contribution in [2.24, 2.45) is 11.7 Å². The lowest BCUT2D eigenvalue weighted by Crippen LogP contribution is -2.64. The number of nitrogens with zero attached hydrogens (tertiary/aromatic N) is 5. The number of carbonyl (C=O) groups is 5. The topological polar surface area (TPSA) is 254 Å². The molecule has 0 radical (unpaired) electrons. The van der Waals surface area contributed by atoms with Crippen LogP contribution in [0.2, 0.25) is 0 Å². The molecule has 3 aliphatic rings. The quantitative estimate of drug-likeness (QED) is 0.182. The van der Waals surface area contributed by atoms with Gasteiger partial charge in [0.05, 0.1) is 29.6 Å². The number of carbonyl (C=O) groups excluding carboxylic acids is 5. The zero-order chi connectivity index (χ0) is 37.1. The number of likely N-dealkylation sites (tertiary alicyclic amines) is 1. The Morgan fingerprint density at radius 1 is 1.10 bits per heavy atom. The van der Waals surface area contributed by atoms with Crippen LogP contribution in [-0.4, -0.2) is 99.2 Å². The molecule has 4 amide bonds. The van der Waals surface area contributed by atoms with Gasteiger partial charge in [-0.25, -0.2) is 4.68 Å². The van der Waals surface area contributed by atoms with E-state index in [-0.39, 0.29) is 48.8 Å². The van der Waals surface area contributed by atoms with Crippen LogP contribution in [0.1, 0.15) is 99.3 Å². The van der Waals surface area contributed by atoms with Gasteiger partial charge in [-0.1, -0.05) is 37.3 Å². The Labute approximate surface area is 297 Å². The molecule has 1 saturated carbocycles. The smallest absolute Gasteiger partial charge is 0.287 e. The van der Waals surface area contributed by atoms with Crippen LogP contribution in [0.25, 0.3) is 0 Å². The van der Waals surface area contributed by atoms with Gasteiger partial charge in [0, 0.05) is 30.0 Å². The van der Waals surface area contributed by atoms with Crippen LogP contribution in [0, 0.1) is 17.2 Å². The van der Waals surface area contributed by atoms with Crippen molar-refractivity contribution in [1.82, 2.24) is 30.5 Å². The van der Waals surface area contributed by atoms with Gasteiger partial charge in [-0.3, -0.25) is 33.1 Å². The second-order valence-corrected chi connectivity index (χ2v) is 16.9. The fourth-order valence-corrected chi connectivity index (χ4v) is 8.97. The molecular formula is C34H46N8O8S. The summed E-state index contributed by atoms with van der Waals surface area (Å²) in [6.07, 6.45) is 5.98. The fourth-order valence-electron chi connectivity index (χ4n) is 7.42. The molecule has 17 heteroatoms. The molecular weight excluding hydrogens is 680 g/mol. The van der Waals surface area contributed by atoms with E-state index in [0.717, 1.165) is 32.1 Å². The molecule has 1 aliphatic carbocycles. The Balaban J connectivity index is 1.49. The number of hydrogen-bond donors (Lipinski definition) is 6. The molecule has 0 spiro atoms. The van der Waals surface area contributed by atoms with Crippen molar-refractivity contribution in [2.75, 3.05) is 18.1 Å². The highest BCUT2D eigenvalue weighted by atomic mass is 32.3. The summed E-state index contributed by atoms with van der Waals surface area (Å²) in [5, 5.41) is 33.7. The van der Waals surface area contributed by atoms with Gasteiger partial charge in [0.1, 0.15) is 23.2 Å². The number of Topliss-reactive ketones (excluding diaryl/α,β-unsaturated/α-hetero) is 1. The maximum absolute atomic E-state index is 14.7. The lowest BCUT2D eigenvalue weighted by molar-refractivity contribution is -0.145. The Morgan fingerprint density at radius 2 is 1.75 bits per heavy atom. The van der Waals surface area contributed by atoms with E-state index in [1.165, 1.54) is 40.0 Å². The Kier molecular flexibility index (Phi) is 11.2. The molecule has 51 heavy (non-hydrogen) atoms. The Bertz CT molecular complexity index is 1680. The summed E-state index contributed by atoms with van der Waals surface area (Å²) >= 11 is 0. The number of ketones is 1. The third-order valence-electron chi connectivity index (χ3n) is 10.3. The van der Waals surface area contributed by atoms with Crippen molar-refractivity contribution < 1.29 is 38.2 Å². The predicted molar refractivity (Wildman–Crippen MR) is 185 cm³/mol. The third kappa shape index (κ3) is 8.58. The monoisotopic (exact) mass is 726 g/mol. The van der Waals surface area contributed by atoms with Gasteiger partial charge in [-0.15, -0.1) is 5.10 Å². The molecule has 5 rings (SSSR count). The summed E-state index contributed by atoms with van der Waals surface area (Å²) in [5.74, 6) is -4.54. The Morgan fingerprint density at radius 3 is 2.33 bits per heavy atom. The summed E-state index contributed by atoms with van der Waals surface area (Å²) < 4.78 is 22.0. The molecule has 1 aromatic heterocycles. The van der Waals surface area contributed by atoms with Gasteiger partial charge in [0.25, 0.3) is 11.8 Å². The number of aliphatic hydroxyl groups is 1. The number of benzene rings is 1. The second-order valence-electron chi connectivity index (χ2n) is 14.4. The molecule has 2 saturated heterocycles. The SMILES string of the molecule is CC(C)(O)c1cnnn1[C@H]1C[C@@H](C(=O)NC2(C(=O)C(N)=O)CCS(O)(O)CC2)N(C(=O)[C@@H](CC2CCCCC2)NC(=O)c2ccc(C#N)cc2)C1. The molecule has 2 aliphatic heterocycles. The van der Waals surface area contributed by atoms with E-state index in [1.807, 2.05) is 6.07 Å². The number of aromatic nitrogens is 3. The van der Waals surface area contributed by atoms with Crippen LogP contribution in [0.15, 0.2) is 30.5 Å². The van der Waals surface area contributed by atoms with E-state index in [9.17, 15) is 43.4 Å². The van der Waals surface area contributed by atoms with Crippen molar-refractivity contribution in [1.29, 1.82) is 5.26 Å². The number of primary amides is 1. The average molecular weight is 727 g/mol. The standard InChI is InChI=1S/C34H46N8O8S/c1-33(2,48)27-19-37-40-42(27)24-17-26(31(46)39-34(28(43)29(36)44)12-14-51(49,50)15-13-34)41(20-24)32(47)25(16-21-6-4-3-5-7-21)38-30(45)23-10-8-22(18-35)9-11-23/h8-11,19,21,24-26,48-50H,3-7,12-17,20H2,1-2H3,(H2,36,44)(H,38,45)(H,39,46)/t24-,25+,26-/m0/s1. The molecule has 2 aromatic rings. The minimum Gasteiger partial charge on any atom is -0.384 e. The molecule has 276 valence electrons. The van der Waals surface area contributed by atoms with E-state index in [1.54, 1.807) is 13.8 Å². The van der Waals surface area contributed by atoms with Crippen LogP contribution in [-0.2, 0) is 24.8 Å². The molecule has 3 atom stereocenters. The van der Waals surface area contributed by atoms with Gasteiger partial charge < -0.3 is 26.4 Å². The second kappa shape index (κ2) is 15.1. The lowest BCUT2D eigenvalue weighted by Gasteiger charge is -2.45. The first-order valence-electron chi connectivity index (χ1n) is 17.2. The van der Waals surface area contributed by atoms with Crippen molar-refractivity contribution in [3.63, 3.8) is 0 Å². The zero-order valence-corrected chi connectivity index (χ0v) is 29.6. The van der Waals surface area contributed by atoms with Crippen molar-refractivity contribution >= 4 is 40.0 Å². The Hall–Kier alpha value is -4.37. The first-order chi connectivity index (χ1) is 24.0. The average Bonchev–Trinajstić information content (AvgIpc) is 3.77. The predicted octanol–water partition coefficient (Wildman–Crippen LogP) is 1.74. The highest BCUT2D eigenvalue weighted by Crippen LogP contribution is 2.47. The van der Waals surface area contributed by atoms with Gasteiger partial charge >= 0.3 is 0 Å². The maximum Gasteiger partial charge on any atom is 0.287 e. The van der Waals surface area contributed by atoms with E-state index < -0.39 is 69.3 Å². The number of nitrogens with one attached hydrogen (secondary N) is 2. The summed E-state index contributed by atoms with van der Waals surface area (Å²) in [6, 6.07) is 5.09. The summed E-state index contributed by atoms with van der Waals surface area (Å²) in [7, 11) is -3.03. The van der Waals surface area contributed by atoms with Gasteiger partial charge in [0.2, 0.25) is 17.6 Å². The highest BCUT2D eigenvalue weighted by molar-refractivity contribution is 8.24. The zero-order valence-electron chi connectivity index (χ0n) is 28.8. The molecule has 16 nitrogen and oxygen atoms in total. The van der Waals surface area contributed by atoms with E-state index in [2.05, 4.69) is 20.9 Å². The maximum atomic E-state index is 14.7. The molecule has 0 bridgehead atoms. The molecule has 1 aromatic carbocycles. The summed E-state index contributed by atoms with van der Waals surface area (Å²) in [5.41, 5.74) is 3.16. The van der Waals surface area contributed by atoms with Gasteiger partial charge in [-0.2, -0.15) is 15.9 Å². The van der Waals surface area contributed by atoms with Crippen LogP contribution >= 0.6 is 10.6 Å². The van der Waals surface area contributed by atoms with E-state index >= 15 is 0 Å². The van der Waals surface area contributed by atoms with Gasteiger partial charge in [0.15, 0.2) is 0 Å². The fraction of sp³-hybridized carbons (Fsp3) is 0.588. The molecule has 7 N–H and O–H groups in total. The van der Waals surface area contributed by atoms with E-state index in [0.29, 0.717) is 17.7 Å². The first kappa shape index (κ1) is 37.9. The molecule has 3 heterocycles. The third-order valence-corrected chi connectivity index (χ3v) is 12.0. The van der Waals surface area contributed by atoms with Gasteiger partial charge in [-0.05, 0) is 63.3 Å². The minimum atomic E-state index is -3.03. The molecule has 0 unspecified atom stereocenters. The number of nitrogens with two attached hydrogens (primary N) is 1. The van der Waals surface area contributed by atoms with Crippen LogP contribution in [0.4, 0.5) is 0 Å². The van der Waals surface area contributed by atoms with Crippen molar-refractivity contribution in [3.8, 4) is 6.07 Å². The highest BCUT2D eigenvalue weighted by Gasteiger charge is 2.50. The van der Waals surface area contributed by atoms with Crippen LogP contribution in [0.3, 0.4) is 0 Å². The largest absolute Gasteiger partial charge is 0.384 e. The minimum absolute atomic E-state index is 0.0141. The van der Waals surface area contributed by atoms with Crippen LogP contribution in [0.5, 0.6) is 0 Å². The first-order valence-corrected chi connectivity index (χ1v) is 19.1. The summed E-state index contributed by atoms with van der Waals surface area (Å²) in [4.78, 5) is 69.2. The van der Waals surface area contributed by atoms with Crippen molar-refractivity contribution in [3.05, 3.63) is 47.3 Å². The lowest BCUT2D eigenvalue weighted by atomic mass is 9.84. The van der Waals surface area contributed by atoms with E-state index in [4.69, 9.17) is 5.73 Å².